The van der Waals surface area contributed by atoms with Crippen molar-refractivity contribution in [3.63, 3.8) is 0 Å². The van der Waals surface area contributed by atoms with E-state index in [-0.39, 0.29) is 24.5 Å². The summed E-state index contributed by atoms with van der Waals surface area (Å²) in [6.07, 6.45) is 10.7. The summed E-state index contributed by atoms with van der Waals surface area (Å²) in [7, 11) is 0. The molecule has 0 aromatic heterocycles. The number of hydrogen-bond acceptors (Lipinski definition) is 4. The van der Waals surface area contributed by atoms with Crippen LogP contribution in [0, 0.1) is 5.92 Å². The summed E-state index contributed by atoms with van der Waals surface area (Å²) >= 11 is 0. The smallest absolute Gasteiger partial charge is 0.325 e. The van der Waals surface area contributed by atoms with Crippen LogP contribution in [0.2, 0.25) is 0 Å². The van der Waals surface area contributed by atoms with Gasteiger partial charge in [-0.25, -0.2) is 9.59 Å². The molecule has 5 amide bonds. The molecule has 8 heteroatoms. The van der Waals surface area contributed by atoms with E-state index in [9.17, 15) is 14.4 Å². The fraction of sp³-hybridized carbons (Fsp3) is 0.679. The van der Waals surface area contributed by atoms with Crippen LogP contribution < -0.4 is 10.6 Å². The van der Waals surface area contributed by atoms with Crippen molar-refractivity contribution in [2.75, 3.05) is 19.6 Å². The standard InChI is InChI=1S/C28H39N5O3/c34-25-28(13-4-1-5-14-28)30-27(36)33(25)19-21-8-3-2-7-20(21)17-29-26(35)31-16-12-24-22(18-31)9-6-15-32(24)23-10-11-23/h2-3,7-8,22-24H,1,4-6,9-19H2,(H,29,35)(H,30,36). The number of fused-ring (bicyclic) bond motifs is 1. The molecular formula is C28H39N5O3. The van der Waals surface area contributed by atoms with Crippen LogP contribution in [0.25, 0.3) is 0 Å². The zero-order valence-electron chi connectivity index (χ0n) is 21.2. The molecule has 3 aliphatic heterocycles. The van der Waals surface area contributed by atoms with Gasteiger partial charge in [-0.1, -0.05) is 43.5 Å². The molecule has 194 valence electrons. The van der Waals surface area contributed by atoms with Crippen molar-refractivity contribution in [1.29, 1.82) is 0 Å². The molecular weight excluding hydrogens is 454 g/mol. The predicted molar refractivity (Wildman–Crippen MR) is 136 cm³/mol. The Balaban J connectivity index is 1.07. The summed E-state index contributed by atoms with van der Waals surface area (Å²) < 4.78 is 0. The van der Waals surface area contributed by atoms with Crippen LogP contribution in [-0.2, 0) is 17.9 Å². The number of carbonyl (C=O) groups is 3. The minimum atomic E-state index is -0.710. The number of carbonyl (C=O) groups excluding carboxylic acids is 3. The third-order valence-corrected chi connectivity index (χ3v) is 9.24. The van der Waals surface area contributed by atoms with Gasteiger partial charge in [0, 0.05) is 31.7 Å². The van der Waals surface area contributed by atoms with Gasteiger partial charge in [0.05, 0.1) is 6.54 Å². The SMILES string of the molecule is O=C(NCc1ccccc1CN1C(=O)NC2(CCCCC2)C1=O)N1CCC2C(CCCN2C2CC2)C1. The number of benzene rings is 1. The lowest BCUT2D eigenvalue weighted by Gasteiger charge is -2.47. The first-order chi connectivity index (χ1) is 17.5. The lowest BCUT2D eigenvalue weighted by molar-refractivity contribution is -0.132. The van der Waals surface area contributed by atoms with Gasteiger partial charge in [0.15, 0.2) is 0 Å². The number of hydrogen-bond donors (Lipinski definition) is 2. The average molecular weight is 494 g/mol. The number of urea groups is 2. The van der Waals surface area contributed by atoms with E-state index in [1.54, 1.807) is 0 Å². The number of amides is 5. The number of rotatable bonds is 5. The van der Waals surface area contributed by atoms with Gasteiger partial charge >= 0.3 is 12.1 Å². The molecule has 3 saturated heterocycles. The maximum absolute atomic E-state index is 13.2. The highest BCUT2D eigenvalue weighted by Gasteiger charge is 2.51. The zero-order chi connectivity index (χ0) is 24.7. The Hall–Kier alpha value is -2.61. The van der Waals surface area contributed by atoms with E-state index >= 15 is 0 Å². The Kier molecular flexibility index (Phi) is 6.40. The zero-order valence-corrected chi connectivity index (χ0v) is 21.2. The Morgan fingerprint density at radius 1 is 0.972 bits per heavy atom. The summed E-state index contributed by atoms with van der Waals surface area (Å²) in [5.74, 6) is 0.486. The maximum atomic E-state index is 13.2. The van der Waals surface area contributed by atoms with Crippen molar-refractivity contribution < 1.29 is 14.4 Å². The molecule has 2 atom stereocenters. The average Bonchev–Trinajstić information content (AvgIpc) is 3.73. The molecule has 6 rings (SSSR count). The second kappa shape index (κ2) is 9.69. The van der Waals surface area contributed by atoms with Gasteiger partial charge in [0.2, 0.25) is 0 Å². The Morgan fingerprint density at radius 2 is 1.75 bits per heavy atom. The van der Waals surface area contributed by atoms with Gasteiger partial charge < -0.3 is 15.5 Å². The second-order valence-electron chi connectivity index (χ2n) is 11.6. The largest absolute Gasteiger partial charge is 0.334 e. The van der Waals surface area contributed by atoms with Gasteiger partial charge in [-0.3, -0.25) is 14.6 Å². The summed E-state index contributed by atoms with van der Waals surface area (Å²) in [6, 6.07) is 8.94. The summed E-state index contributed by atoms with van der Waals surface area (Å²) in [4.78, 5) is 45.2. The first-order valence-electron chi connectivity index (χ1n) is 14.0. The van der Waals surface area contributed by atoms with Crippen LogP contribution in [0.3, 0.4) is 0 Å². The van der Waals surface area contributed by atoms with E-state index in [1.165, 1.54) is 37.1 Å². The summed E-state index contributed by atoms with van der Waals surface area (Å²) in [6.45, 7) is 3.51. The number of likely N-dealkylation sites (tertiary alicyclic amines) is 2. The highest BCUT2D eigenvalue weighted by atomic mass is 16.2. The number of imide groups is 1. The van der Waals surface area contributed by atoms with Crippen LogP contribution >= 0.6 is 0 Å². The predicted octanol–water partition coefficient (Wildman–Crippen LogP) is 3.60. The van der Waals surface area contributed by atoms with E-state index < -0.39 is 5.54 Å². The van der Waals surface area contributed by atoms with E-state index in [0.29, 0.717) is 18.5 Å². The van der Waals surface area contributed by atoms with Gasteiger partial charge in [0.25, 0.3) is 5.91 Å². The molecule has 36 heavy (non-hydrogen) atoms. The van der Waals surface area contributed by atoms with Crippen LogP contribution in [0.15, 0.2) is 24.3 Å². The lowest BCUT2D eigenvalue weighted by Crippen LogP contribution is -2.57. The summed E-state index contributed by atoms with van der Waals surface area (Å²) in [5.41, 5.74) is 1.14. The van der Waals surface area contributed by atoms with Crippen LogP contribution in [-0.4, -0.2) is 69.9 Å². The molecule has 2 aliphatic carbocycles. The van der Waals surface area contributed by atoms with Gasteiger partial charge in [-0.2, -0.15) is 0 Å². The molecule has 1 spiro atoms. The van der Waals surface area contributed by atoms with Crippen molar-refractivity contribution in [2.45, 2.75) is 94.9 Å². The summed E-state index contributed by atoms with van der Waals surface area (Å²) in [5, 5.41) is 6.12. The number of nitrogens with one attached hydrogen (secondary N) is 2. The molecule has 2 saturated carbocycles. The van der Waals surface area contributed by atoms with Crippen LogP contribution in [0.4, 0.5) is 9.59 Å². The van der Waals surface area contributed by atoms with Crippen molar-refractivity contribution in [1.82, 2.24) is 25.3 Å². The minimum Gasteiger partial charge on any atom is -0.334 e. The van der Waals surface area contributed by atoms with Crippen LogP contribution in [0.1, 0.15) is 75.3 Å². The molecule has 0 bridgehead atoms. The van der Waals surface area contributed by atoms with E-state index in [4.69, 9.17) is 0 Å². The molecule has 3 heterocycles. The minimum absolute atomic E-state index is 0.0112. The van der Waals surface area contributed by atoms with Gasteiger partial charge in [0.1, 0.15) is 5.54 Å². The first kappa shape index (κ1) is 23.8. The normalized spacial score (nSPS) is 28.2. The topological polar surface area (TPSA) is 85.0 Å². The first-order valence-corrected chi connectivity index (χ1v) is 14.0. The Morgan fingerprint density at radius 3 is 2.53 bits per heavy atom. The van der Waals surface area contributed by atoms with Crippen LogP contribution in [0.5, 0.6) is 0 Å². The van der Waals surface area contributed by atoms with Crippen molar-refractivity contribution >= 4 is 18.0 Å². The lowest BCUT2D eigenvalue weighted by atomic mass is 9.81. The third kappa shape index (κ3) is 4.49. The molecule has 8 nitrogen and oxygen atoms in total. The van der Waals surface area contributed by atoms with Crippen molar-refractivity contribution in [3.05, 3.63) is 35.4 Å². The fourth-order valence-corrected chi connectivity index (χ4v) is 7.14. The fourth-order valence-electron chi connectivity index (χ4n) is 7.14. The Labute approximate surface area is 213 Å². The molecule has 1 aromatic carbocycles. The third-order valence-electron chi connectivity index (χ3n) is 9.24. The molecule has 2 unspecified atom stereocenters. The molecule has 1 aromatic rings. The van der Waals surface area contributed by atoms with Crippen molar-refractivity contribution in [2.24, 2.45) is 5.92 Å². The van der Waals surface area contributed by atoms with E-state index in [0.717, 1.165) is 68.8 Å². The highest BCUT2D eigenvalue weighted by Crippen LogP contribution is 2.38. The van der Waals surface area contributed by atoms with E-state index in [2.05, 4.69) is 15.5 Å². The maximum Gasteiger partial charge on any atom is 0.325 e. The highest BCUT2D eigenvalue weighted by molar-refractivity contribution is 6.07. The molecule has 2 N–H and O–H groups in total. The molecule has 0 radical (unpaired) electrons. The number of piperidine rings is 2. The Bertz CT molecular complexity index is 1020. The number of nitrogens with zero attached hydrogens (tertiary/aromatic N) is 3. The van der Waals surface area contributed by atoms with Gasteiger partial charge in [-0.15, -0.1) is 0 Å². The van der Waals surface area contributed by atoms with E-state index in [1.807, 2.05) is 29.2 Å². The molecule has 5 aliphatic rings. The molecule has 5 fully saturated rings. The van der Waals surface area contributed by atoms with Gasteiger partial charge in [-0.05, 0) is 68.5 Å². The van der Waals surface area contributed by atoms with Crippen molar-refractivity contribution in [3.8, 4) is 0 Å². The quantitative estimate of drug-likeness (QED) is 0.614. The monoisotopic (exact) mass is 493 g/mol. The second-order valence-corrected chi connectivity index (χ2v) is 11.6.